The van der Waals surface area contributed by atoms with Gasteiger partial charge in [0.1, 0.15) is 11.6 Å². The van der Waals surface area contributed by atoms with E-state index >= 15 is 0 Å². The van der Waals surface area contributed by atoms with Gasteiger partial charge in [-0.15, -0.1) is 0 Å². The third-order valence-electron chi connectivity index (χ3n) is 3.32. The molecule has 0 radical (unpaired) electrons. The minimum absolute atomic E-state index is 0.00772. The molecular weight excluding hydrogens is 259 g/mol. The first kappa shape index (κ1) is 12.7. The zero-order valence-corrected chi connectivity index (χ0v) is 11.5. The highest BCUT2D eigenvalue weighted by atomic mass is 19.1. The van der Waals surface area contributed by atoms with E-state index in [2.05, 4.69) is 20.4 Å². The Morgan fingerprint density at radius 3 is 2.85 bits per heavy atom. The summed E-state index contributed by atoms with van der Waals surface area (Å²) in [7, 11) is 0. The van der Waals surface area contributed by atoms with Gasteiger partial charge < -0.3 is 14.8 Å². The molecule has 2 N–H and O–H groups in total. The van der Waals surface area contributed by atoms with Crippen LogP contribution in [0.5, 0.6) is 0 Å². The first-order valence-electron chi connectivity index (χ1n) is 6.39. The summed E-state index contributed by atoms with van der Waals surface area (Å²) in [5.41, 5.74) is 3.25. The van der Waals surface area contributed by atoms with Crippen LogP contribution in [0.2, 0.25) is 0 Å². The van der Waals surface area contributed by atoms with Crippen LogP contribution < -0.4 is 5.32 Å². The summed E-state index contributed by atoms with van der Waals surface area (Å²) < 4.78 is 18.3. The summed E-state index contributed by atoms with van der Waals surface area (Å²) >= 11 is 0. The zero-order chi connectivity index (χ0) is 14.3. The topological polar surface area (TPSA) is 66.7 Å². The molecule has 20 heavy (non-hydrogen) atoms. The summed E-state index contributed by atoms with van der Waals surface area (Å²) in [4.78, 5) is 7.43. The predicted molar refractivity (Wildman–Crippen MR) is 74.1 cm³/mol. The van der Waals surface area contributed by atoms with Gasteiger partial charge in [-0.05, 0) is 39.0 Å². The number of fused-ring (bicyclic) bond motifs is 1. The number of hydrogen-bond donors (Lipinski definition) is 2. The molecule has 6 heteroatoms. The highest BCUT2D eigenvalue weighted by Gasteiger charge is 2.17. The molecule has 0 fully saturated rings. The average Bonchev–Trinajstić information content (AvgIpc) is 2.92. The van der Waals surface area contributed by atoms with Gasteiger partial charge in [0.25, 0.3) is 0 Å². The van der Waals surface area contributed by atoms with Crippen molar-refractivity contribution in [2.75, 3.05) is 5.32 Å². The zero-order valence-electron chi connectivity index (χ0n) is 11.5. The van der Waals surface area contributed by atoms with E-state index in [0.717, 1.165) is 22.5 Å². The summed E-state index contributed by atoms with van der Waals surface area (Å²) in [5.74, 6) is 1.09. The van der Waals surface area contributed by atoms with Gasteiger partial charge >= 0.3 is 0 Å². The SMILES string of the molecule is Cc1noc(C)c1C(C)Nc1nc2ccc(F)cc2[nH]1. The van der Waals surface area contributed by atoms with E-state index in [9.17, 15) is 4.39 Å². The number of anilines is 1. The summed E-state index contributed by atoms with van der Waals surface area (Å²) in [6.07, 6.45) is 0. The number of H-pyrrole nitrogens is 1. The number of hydrogen-bond acceptors (Lipinski definition) is 4. The van der Waals surface area contributed by atoms with Gasteiger partial charge in [0.05, 0.1) is 22.8 Å². The van der Waals surface area contributed by atoms with Crippen molar-refractivity contribution in [2.45, 2.75) is 26.8 Å². The predicted octanol–water partition coefficient (Wildman–Crippen LogP) is 3.48. The van der Waals surface area contributed by atoms with Crippen LogP contribution in [0, 0.1) is 19.7 Å². The maximum Gasteiger partial charge on any atom is 0.201 e. The van der Waals surface area contributed by atoms with Crippen LogP contribution in [0.25, 0.3) is 11.0 Å². The fourth-order valence-corrected chi connectivity index (χ4v) is 2.44. The van der Waals surface area contributed by atoms with Crippen LogP contribution in [0.15, 0.2) is 22.7 Å². The molecule has 0 saturated carbocycles. The van der Waals surface area contributed by atoms with Gasteiger partial charge in [0.15, 0.2) is 0 Å². The van der Waals surface area contributed by atoms with Crippen molar-refractivity contribution in [3.8, 4) is 0 Å². The number of halogens is 1. The van der Waals surface area contributed by atoms with Gasteiger partial charge in [0.2, 0.25) is 5.95 Å². The van der Waals surface area contributed by atoms with E-state index in [1.165, 1.54) is 12.1 Å². The van der Waals surface area contributed by atoms with Crippen molar-refractivity contribution in [2.24, 2.45) is 0 Å². The van der Waals surface area contributed by atoms with Crippen LogP contribution in [-0.2, 0) is 0 Å². The highest BCUT2D eigenvalue weighted by molar-refractivity contribution is 5.77. The van der Waals surface area contributed by atoms with Crippen LogP contribution in [0.4, 0.5) is 10.3 Å². The van der Waals surface area contributed by atoms with Crippen molar-refractivity contribution in [3.63, 3.8) is 0 Å². The Labute approximate surface area is 115 Å². The Morgan fingerprint density at radius 2 is 2.15 bits per heavy atom. The molecule has 0 spiro atoms. The second-order valence-corrected chi connectivity index (χ2v) is 4.85. The quantitative estimate of drug-likeness (QED) is 0.767. The Kier molecular flexibility index (Phi) is 2.93. The first-order chi connectivity index (χ1) is 9.54. The highest BCUT2D eigenvalue weighted by Crippen LogP contribution is 2.25. The number of aromatic amines is 1. The molecule has 1 unspecified atom stereocenters. The molecule has 0 saturated heterocycles. The smallest absolute Gasteiger partial charge is 0.201 e. The fraction of sp³-hybridized carbons (Fsp3) is 0.286. The standard InChI is InChI=1S/C14H15FN4O/c1-7(13-8(2)19-20-9(13)3)16-14-17-11-5-4-10(15)6-12(11)18-14/h4-7H,1-3H3,(H2,16,17,18). The number of nitrogens with zero attached hydrogens (tertiary/aromatic N) is 2. The molecule has 2 heterocycles. The lowest BCUT2D eigenvalue weighted by atomic mass is 10.1. The molecule has 1 atom stereocenters. The van der Waals surface area contributed by atoms with Crippen molar-refractivity contribution in [1.29, 1.82) is 0 Å². The lowest BCUT2D eigenvalue weighted by Crippen LogP contribution is -2.09. The van der Waals surface area contributed by atoms with E-state index in [0.29, 0.717) is 11.5 Å². The number of aromatic nitrogens is 3. The van der Waals surface area contributed by atoms with E-state index in [1.54, 1.807) is 6.07 Å². The van der Waals surface area contributed by atoms with Gasteiger partial charge in [-0.2, -0.15) is 0 Å². The maximum absolute atomic E-state index is 13.1. The largest absolute Gasteiger partial charge is 0.361 e. The molecule has 1 aromatic carbocycles. The van der Waals surface area contributed by atoms with E-state index < -0.39 is 0 Å². The molecule has 0 aliphatic carbocycles. The van der Waals surface area contributed by atoms with E-state index in [1.807, 2.05) is 20.8 Å². The van der Waals surface area contributed by atoms with Crippen LogP contribution in [0.1, 0.15) is 30.0 Å². The maximum atomic E-state index is 13.1. The van der Waals surface area contributed by atoms with Crippen molar-refractivity contribution in [3.05, 3.63) is 41.0 Å². The minimum Gasteiger partial charge on any atom is -0.361 e. The molecule has 0 amide bonds. The number of aryl methyl sites for hydroxylation is 2. The third kappa shape index (κ3) is 2.13. The molecule has 5 nitrogen and oxygen atoms in total. The fourth-order valence-electron chi connectivity index (χ4n) is 2.44. The lowest BCUT2D eigenvalue weighted by Gasteiger charge is -2.12. The van der Waals surface area contributed by atoms with Crippen LogP contribution in [-0.4, -0.2) is 15.1 Å². The van der Waals surface area contributed by atoms with Crippen molar-refractivity contribution in [1.82, 2.24) is 15.1 Å². The van der Waals surface area contributed by atoms with Gasteiger partial charge in [0, 0.05) is 5.56 Å². The second kappa shape index (κ2) is 4.63. The molecule has 3 rings (SSSR count). The molecule has 3 aromatic rings. The Balaban J connectivity index is 1.89. The first-order valence-corrected chi connectivity index (χ1v) is 6.39. The Hall–Kier alpha value is -2.37. The normalized spacial score (nSPS) is 12.8. The number of nitrogens with one attached hydrogen (secondary N) is 2. The van der Waals surface area contributed by atoms with Crippen molar-refractivity contribution < 1.29 is 8.91 Å². The molecule has 104 valence electrons. The summed E-state index contributed by atoms with van der Waals surface area (Å²) in [5, 5.41) is 7.18. The van der Waals surface area contributed by atoms with Gasteiger partial charge in [-0.25, -0.2) is 9.37 Å². The average molecular weight is 274 g/mol. The van der Waals surface area contributed by atoms with E-state index in [-0.39, 0.29) is 11.9 Å². The molecule has 0 aliphatic rings. The van der Waals surface area contributed by atoms with Gasteiger partial charge in [-0.1, -0.05) is 5.16 Å². The minimum atomic E-state index is -0.286. The summed E-state index contributed by atoms with van der Waals surface area (Å²) in [6.45, 7) is 5.78. The van der Waals surface area contributed by atoms with E-state index in [4.69, 9.17) is 4.52 Å². The van der Waals surface area contributed by atoms with Crippen LogP contribution >= 0.6 is 0 Å². The monoisotopic (exact) mass is 274 g/mol. The Morgan fingerprint density at radius 1 is 1.35 bits per heavy atom. The third-order valence-corrected chi connectivity index (χ3v) is 3.32. The Bertz CT molecular complexity index is 742. The summed E-state index contributed by atoms with van der Waals surface area (Å²) in [6, 6.07) is 4.46. The number of rotatable bonds is 3. The number of imidazole rings is 1. The van der Waals surface area contributed by atoms with Crippen LogP contribution in [0.3, 0.4) is 0 Å². The molecule has 2 aromatic heterocycles. The lowest BCUT2D eigenvalue weighted by molar-refractivity contribution is 0.392. The molecule has 0 bridgehead atoms. The molecule has 0 aliphatic heterocycles. The molecular formula is C14H15FN4O. The van der Waals surface area contributed by atoms with Gasteiger partial charge in [-0.3, -0.25) is 0 Å². The second-order valence-electron chi connectivity index (χ2n) is 4.85. The number of benzene rings is 1. The van der Waals surface area contributed by atoms with Crippen molar-refractivity contribution >= 4 is 17.0 Å².